The van der Waals surface area contributed by atoms with Gasteiger partial charge in [-0.05, 0) is 24.3 Å². The molecule has 0 spiro atoms. The van der Waals surface area contributed by atoms with Crippen LogP contribution in [0.4, 0.5) is 30.7 Å². The molecule has 1 heterocycles. The maximum absolute atomic E-state index is 13.5. The summed E-state index contributed by atoms with van der Waals surface area (Å²) in [6.07, 6.45) is -9.35. The van der Waals surface area contributed by atoms with E-state index in [4.69, 9.17) is 0 Å². The second-order valence-corrected chi connectivity index (χ2v) is 4.10. The summed E-state index contributed by atoms with van der Waals surface area (Å²) < 4.78 is 88.2. The van der Waals surface area contributed by atoms with Crippen LogP contribution in [-0.4, -0.2) is 4.98 Å². The third-order valence-electron chi connectivity index (χ3n) is 2.62. The molecule has 0 aliphatic carbocycles. The molecule has 0 saturated carbocycles. The highest BCUT2D eigenvalue weighted by Gasteiger charge is 2.33. The second-order valence-electron chi connectivity index (χ2n) is 4.10. The van der Waals surface area contributed by atoms with Crippen LogP contribution in [0.5, 0.6) is 0 Å². The van der Waals surface area contributed by atoms with E-state index in [-0.39, 0.29) is 5.56 Å². The van der Waals surface area contributed by atoms with Crippen molar-refractivity contribution in [1.29, 1.82) is 0 Å². The smallest absolute Gasteiger partial charge is 0.240 e. The summed E-state index contributed by atoms with van der Waals surface area (Å²) in [5.41, 5.74) is -3.14. The summed E-state index contributed by atoms with van der Waals surface area (Å²) in [6.45, 7) is 0. The third-order valence-corrected chi connectivity index (χ3v) is 2.62. The van der Waals surface area contributed by atoms with Gasteiger partial charge < -0.3 is 0 Å². The molecule has 1 aromatic heterocycles. The first kappa shape index (κ1) is 15.3. The van der Waals surface area contributed by atoms with E-state index in [1.807, 2.05) is 0 Å². The fourth-order valence-electron chi connectivity index (χ4n) is 1.62. The van der Waals surface area contributed by atoms with Gasteiger partial charge in [-0.15, -0.1) is 0 Å². The normalized spacial score (nSPS) is 12.5. The highest BCUT2D eigenvalue weighted by molar-refractivity contribution is 5.60. The molecule has 112 valence electrons. The van der Waals surface area contributed by atoms with Crippen molar-refractivity contribution in [1.82, 2.24) is 4.98 Å². The number of rotatable bonds is 1. The lowest BCUT2D eigenvalue weighted by molar-refractivity contribution is -0.141. The maximum Gasteiger partial charge on any atom is 0.433 e. The van der Waals surface area contributed by atoms with Gasteiger partial charge in [-0.25, -0.2) is 9.37 Å². The van der Waals surface area contributed by atoms with Gasteiger partial charge in [-0.1, -0.05) is 12.1 Å². The molecule has 0 unspecified atom stereocenters. The fraction of sp³-hybridized carbons (Fsp3) is 0.154. The van der Waals surface area contributed by atoms with E-state index in [0.29, 0.717) is 24.3 Å². The van der Waals surface area contributed by atoms with Crippen molar-refractivity contribution in [3.8, 4) is 11.3 Å². The number of nitrogens with zero attached hydrogens (tertiary/aromatic N) is 1. The zero-order valence-corrected chi connectivity index (χ0v) is 10.1. The third kappa shape index (κ3) is 3.32. The molecule has 0 radical (unpaired) electrons. The van der Waals surface area contributed by atoms with E-state index >= 15 is 0 Å². The topological polar surface area (TPSA) is 12.9 Å². The number of benzene rings is 1. The molecule has 0 fully saturated rings. The number of halogens is 7. The highest BCUT2D eigenvalue weighted by atomic mass is 19.4. The standard InChI is InChI=1S/C13H6F7N/c14-9-5-6-10(13(18,19)20)21-11(9)7-1-3-8(4-2-7)12(15,16)17/h1-6H. The minimum atomic E-state index is -4.77. The first-order chi connectivity index (χ1) is 9.59. The lowest BCUT2D eigenvalue weighted by Crippen LogP contribution is -2.09. The molecular weight excluding hydrogens is 303 g/mol. The van der Waals surface area contributed by atoms with Crippen LogP contribution in [0.2, 0.25) is 0 Å². The number of aromatic nitrogens is 1. The van der Waals surface area contributed by atoms with Crippen molar-refractivity contribution in [3.63, 3.8) is 0 Å². The van der Waals surface area contributed by atoms with Gasteiger partial charge in [0, 0.05) is 5.56 Å². The van der Waals surface area contributed by atoms with Crippen LogP contribution in [-0.2, 0) is 12.4 Å². The number of pyridine rings is 1. The average Bonchev–Trinajstić information content (AvgIpc) is 2.37. The van der Waals surface area contributed by atoms with Gasteiger partial charge in [-0.3, -0.25) is 0 Å². The molecular formula is C13H6F7N. The molecule has 2 rings (SSSR count). The van der Waals surface area contributed by atoms with E-state index in [9.17, 15) is 30.7 Å². The van der Waals surface area contributed by atoms with Crippen LogP contribution < -0.4 is 0 Å². The summed E-state index contributed by atoms with van der Waals surface area (Å²) in [7, 11) is 0. The van der Waals surface area contributed by atoms with E-state index in [1.54, 1.807) is 0 Å². The molecule has 1 nitrogen and oxygen atoms in total. The Labute approximate surface area is 114 Å². The Balaban J connectivity index is 2.47. The number of hydrogen-bond acceptors (Lipinski definition) is 1. The summed E-state index contributed by atoms with van der Waals surface area (Å²) in [5, 5.41) is 0. The van der Waals surface area contributed by atoms with Gasteiger partial charge in [-0.2, -0.15) is 26.3 Å². The summed E-state index contributed by atoms with van der Waals surface area (Å²) >= 11 is 0. The van der Waals surface area contributed by atoms with Gasteiger partial charge in [0.25, 0.3) is 0 Å². The van der Waals surface area contributed by atoms with Crippen LogP contribution in [0.15, 0.2) is 36.4 Å². The quantitative estimate of drug-likeness (QED) is 0.681. The van der Waals surface area contributed by atoms with Crippen LogP contribution in [0.3, 0.4) is 0 Å². The van der Waals surface area contributed by atoms with E-state index in [0.717, 1.165) is 12.1 Å². The Hall–Kier alpha value is -2.12. The van der Waals surface area contributed by atoms with Crippen molar-refractivity contribution in [3.05, 3.63) is 53.5 Å². The maximum atomic E-state index is 13.5. The Morgan fingerprint density at radius 1 is 0.714 bits per heavy atom. The Kier molecular flexibility index (Phi) is 3.65. The molecule has 0 amide bonds. The lowest BCUT2D eigenvalue weighted by atomic mass is 10.1. The fourth-order valence-corrected chi connectivity index (χ4v) is 1.62. The van der Waals surface area contributed by atoms with E-state index in [2.05, 4.69) is 4.98 Å². The Morgan fingerprint density at radius 2 is 1.29 bits per heavy atom. The monoisotopic (exact) mass is 309 g/mol. The Bertz CT molecular complexity index is 641. The molecule has 1 aromatic carbocycles. The van der Waals surface area contributed by atoms with Crippen molar-refractivity contribution in [2.45, 2.75) is 12.4 Å². The van der Waals surface area contributed by atoms with Gasteiger partial charge in [0.1, 0.15) is 17.2 Å². The Morgan fingerprint density at radius 3 is 1.76 bits per heavy atom. The van der Waals surface area contributed by atoms with Crippen LogP contribution >= 0.6 is 0 Å². The molecule has 21 heavy (non-hydrogen) atoms. The van der Waals surface area contributed by atoms with Crippen LogP contribution in [0.1, 0.15) is 11.3 Å². The number of hydrogen-bond donors (Lipinski definition) is 0. The van der Waals surface area contributed by atoms with E-state index < -0.39 is 35.1 Å². The molecule has 0 bridgehead atoms. The first-order valence-electron chi connectivity index (χ1n) is 5.50. The second kappa shape index (κ2) is 5.01. The summed E-state index contributed by atoms with van der Waals surface area (Å²) in [4.78, 5) is 3.12. The van der Waals surface area contributed by atoms with Crippen molar-refractivity contribution in [2.75, 3.05) is 0 Å². The largest absolute Gasteiger partial charge is 0.433 e. The van der Waals surface area contributed by atoms with Gasteiger partial charge in [0.15, 0.2) is 0 Å². The number of alkyl halides is 6. The minimum absolute atomic E-state index is 0.174. The predicted octanol–water partition coefficient (Wildman–Crippen LogP) is 4.93. The molecule has 0 aliphatic rings. The molecule has 2 aromatic rings. The first-order valence-corrected chi connectivity index (χ1v) is 5.50. The van der Waals surface area contributed by atoms with Crippen LogP contribution in [0, 0.1) is 5.82 Å². The van der Waals surface area contributed by atoms with Gasteiger partial charge in [0.2, 0.25) is 0 Å². The molecule has 0 N–H and O–H groups in total. The summed E-state index contributed by atoms with van der Waals surface area (Å²) in [6, 6.07) is 4.07. The highest BCUT2D eigenvalue weighted by Crippen LogP contribution is 2.33. The SMILES string of the molecule is Fc1ccc(C(F)(F)F)nc1-c1ccc(C(F)(F)F)cc1. The van der Waals surface area contributed by atoms with Crippen molar-refractivity contribution >= 4 is 0 Å². The van der Waals surface area contributed by atoms with Crippen molar-refractivity contribution < 1.29 is 30.7 Å². The van der Waals surface area contributed by atoms with E-state index in [1.165, 1.54) is 0 Å². The minimum Gasteiger partial charge on any atom is -0.240 e. The average molecular weight is 309 g/mol. The summed E-state index contributed by atoms with van der Waals surface area (Å²) in [5.74, 6) is -1.05. The zero-order chi connectivity index (χ0) is 15.8. The predicted molar refractivity (Wildman–Crippen MR) is 59.6 cm³/mol. The van der Waals surface area contributed by atoms with Crippen molar-refractivity contribution in [2.24, 2.45) is 0 Å². The molecule has 0 saturated heterocycles. The zero-order valence-electron chi connectivity index (χ0n) is 10.1. The molecule has 0 aliphatic heterocycles. The lowest BCUT2D eigenvalue weighted by Gasteiger charge is -2.10. The van der Waals surface area contributed by atoms with Gasteiger partial charge >= 0.3 is 12.4 Å². The molecule has 8 heteroatoms. The van der Waals surface area contributed by atoms with Gasteiger partial charge in [0.05, 0.1) is 5.56 Å². The van der Waals surface area contributed by atoms with Crippen LogP contribution in [0.25, 0.3) is 11.3 Å². The molecule has 0 atom stereocenters.